The van der Waals surface area contributed by atoms with Gasteiger partial charge in [-0.3, -0.25) is 13.8 Å². The Morgan fingerprint density at radius 3 is 1.34 bits per heavy atom. The standard InChI is InChI=1S/C41H85N2O6P/c1-6-8-10-12-14-16-18-20-21-22-23-24-26-28-30-32-34-40(44)39(38-49-50(46,47)48-37-36-43(3,4)5)42-41(45)35-33-31-29-27-25-19-17-15-13-11-9-7-2/h39-40,44H,6-38H2,1-5H3,(H-,42,45,46,47)/p+1. The van der Waals surface area contributed by atoms with Gasteiger partial charge in [-0.25, -0.2) is 4.57 Å². The number of hydrogen-bond acceptors (Lipinski definition) is 5. The van der Waals surface area contributed by atoms with Crippen LogP contribution in [-0.2, 0) is 18.4 Å². The molecular weight excluding hydrogens is 647 g/mol. The molecule has 3 unspecified atom stereocenters. The van der Waals surface area contributed by atoms with Crippen LogP contribution in [0.5, 0.6) is 0 Å². The van der Waals surface area contributed by atoms with E-state index in [1.54, 1.807) is 0 Å². The second kappa shape index (κ2) is 34.3. The topological polar surface area (TPSA) is 105 Å². The van der Waals surface area contributed by atoms with E-state index in [1.165, 1.54) is 141 Å². The summed E-state index contributed by atoms with van der Waals surface area (Å²) in [6, 6.07) is -0.751. The third kappa shape index (κ3) is 35.9. The van der Waals surface area contributed by atoms with Gasteiger partial charge in [0.25, 0.3) is 0 Å². The van der Waals surface area contributed by atoms with E-state index in [9.17, 15) is 19.4 Å². The van der Waals surface area contributed by atoms with Gasteiger partial charge in [0.15, 0.2) is 0 Å². The number of aliphatic hydroxyl groups is 1. The highest BCUT2D eigenvalue weighted by Gasteiger charge is 2.28. The molecule has 1 amide bonds. The van der Waals surface area contributed by atoms with E-state index in [4.69, 9.17) is 9.05 Å². The Hall–Kier alpha value is -0.500. The Labute approximate surface area is 310 Å². The van der Waals surface area contributed by atoms with Crippen molar-refractivity contribution < 1.29 is 32.9 Å². The number of unbranched alkanes of at least 4 members (excludes halogenated alkanes) is 26. The Balaban J connectivity index is 4.36. The van der Waals surface area contributed by atoms with Crippen molar-refractivity contribution in [3.63, 3.8) is 0 Å². The predicted octanol–water partition coefficient (Wildman–Crippen LogP) is 11.4. The molecule has 0 bridgehead atoms. The fourth-order valence-electron chi connectivity index (χ4n) is 6.40. The zero-order valence-corrected chi connectivity index (χ0v) is 34.8. The normalized spacial score (nSPS) is 14.5. The maximum Gasteiger partial charge on any atom is 0.472 e. The summed E-state index contributed by atoms with van der Waals surface area (Å²) in [7, 11) is 1.63. The van der Waals surface area contributed by atoms with Crippen LogP contribution in [0.25, 0.3) is 0 Å². The summed E-state index contributed by atoms with van der Waals surface area (Å²) < 4.78 is 23.6. The summed E-state index contributed by atoms with van der Waals surface area (Å²) in [6.45, 7) is 4.89. The minimum atomic E-state index is -4.30. The molecular formula is C41H86N2O6P+. The molecule has 0 spiro atoms. The van der Waals surface area contributed by atoms with E-state index < -0.39 is 20.0 Å². The lowest BCUT2D eigenvalue weighted by Gasteiger charge is -2.26. The average Bonchev–Trinajstić information content (AvgIpc) is 3.06. The Morgan fingerprint density at radius 2 is 0.960 bits per heavy atom. The monoisotopic (exact) mass is 734 g/mol. The first kappa shape index (κ1) is 49.5. The Morgan fingerprint density at radius 1 is 0.600 bits per heavy atom. The molecule has 0 saturated carbocycles. The molecule has 0 aliphatic carbocycles. The highest BCUT2D eigenvalue weighted by Crippen LogP contribution is 2.43. The number of hydrogen-bond donors (Lipinski definition) is 3. The van der Waals surface area contributed by atoms with Gasteiger partial charge in [-0.05, 0) is 12.8 Å². The number of amides is 1. The number of nitrogens with one attached hydrogen (secondary N) is 1. The minimum Gasteiger partial charge on any atom is -0.391 e. The molecule has 0 aromatic rings. The molecule has 3 atom stereocenters. The molecule has 0 heterocycles. The summed E-state index contributed by atoms with van der Waals surface area (Å²) in [6.07, 6.45) is 35.4. The highest BCUT2D eigenvalue weighted by molar-refractivity contribution is 7.47. The van der Waals surface area contributed by atoms with Crippen LogP contribution in [0, 0.1) is 0 Å². The van der Waals surface area contributed by atoms with Crippen LogP contribution < -0.4 is 5.32 Å². The first-order chi connectivity index (χ1) is 24.0. The second-order valence-corrected chi connectivity index (χ2v) is 17.5. The first-order valence-corrected chi connectivity index (χ1v) is 22.9. The van der Waals surface area contributed by atoms with Gasteiger partial charge in [0, 0.05) is 6.42 Å². The molecule has 0 aliphatic rings. The van der Waals surface area contributed by atoms with E-state index in [2.05, 4.69) is 19.2 Å². The van der Waals surface area contributed by atoms with Crippen LogP contribution in [0.1, 0.15) is 206 Å². The van der Waals surface area contributed by atoms with E-state index in [1.807, 2.05) is 21.1 Å². The number of carbonyl (C=O) groups excluding carboxylic acids is 1. The van der Waals surface area contributed by atoms with Gasteiger partial charge in [0.2, 0.25) is 5.91 Å². The van der Waals surface area contributed by atoms with Gasteiger partial charge >= 0.3 is 7.82 Å². The smallest absolute Gasteiger partial charge is 0.391 e. The highest BCUT2D eigenvalue weighted by atomic mass is 31.2. The molecule has 9 heteroatoms. The van der Waals surface area contributed by atoms with Gasteiger partial charge in [0.05, 0.1) is 39.9 Å². The van der Waals surface area contributed by atoms with E-state index in [0.717, 1.165) is 38.5 Å². The summed E-state index contributed by atoms with van der Waals surface area (Å²) in [4.78, 5) is 23.1. The number of phosphoric acid groups is 1. The lowest BCUT2D eigenvalue weighted by atomic mass is 10.0. The molecule has 3 N–H and O–H groups in total. The van der Waals surface area contributed by atoms with Crippen molar-refractivity contribution in [1.82, 2.24) is 5.32 Å². The molecule has 0 aliphatic heterocycles. The van der Waals surface area contributed by atoms with Crippen LogP contribution in [-0.4, -0.2) is 73.4 Å². The van der Waals surface area contributed by atoms with Crippen LogP contribution in [0.3, 0.4) is 0 Å². The number of rotatable bonds is 39. The summed E-state index contributed by atoms with van der Waals surface area (Å²) in [5.41, 5.74) is 0. The van der Waals surface area contributed by atoms with Gasteiger partial charge in [-0.1, -0.05) is 187 Å². The molecule has 0 radical (unpaired) electrons. The largest absolute Gasteiger partial charge is 0.472 e. The van der Waals surface area contributed by atoms with E-state index >= 15 is 0 Å². The average molecular weight is 734 g/mol. The Bertz CT molecular complexity index is 794. The maximum absolute atomic E-state index is 12.8. The van der Waals surface area contributed by atoms with E-state index in [0.29, 0.717) is 23.9 Å². The SMILES string of the molecule is CCCCCCCCCCCCCCCCCCC(O)C(COP(=O)(O)OCC[N+](C)(C)C)NC(=O)CCCCCCCCCCCCCC. The summed E-state index contributed by atoms with van der Waals surface area (Å²) in [5, 5.41) is 13.9. The minimum absolute atomic E-state index is 0.0784. The van der Waals surface area contributed by atoms with Crippen molar-refractivity contribution >= 4 is 13.7 Å². The number of quaternary nitrogens is 1. The molecule has 0 aromatic heterocycles. The third-order valence-electron chi connectivity index (χ3n) is 9.86. The van der Waals surface area contributed by atoms with Crippen molar-refractivity contribution in [2.45, 2.75) is 219 Å². The molecule has 300 valence electrons. The van der Waals surface area contributed by atoms with Crippen molar-refractivity contribution in [1.29, 1.82) is 0 Å². The van der Waals surface area contributed by atoms with Crippen molar-refractivity contribution in [3.05, 3.63) is 0 Å². The first-order valence-electron chi connectivity index (χ1n) is 21.4. The van der Waals surface area contributed by atoms with Gasteiger partial charge in [-0.2, -0.15) is 0 Å². The molecule has 0 fully saturated rings. The lowest BCUT2D eigenvalue weighted by molar-refractivity contribution is -0.870. The fraction of sp³-hybridized carbons (Fsp3) is 0.976. The van der Waals surface area contributed by atoms with Crippen LogP contribution in [0.4, 0.5) is 0 Å². The van der Waals surface area contributed by atoms with Crippen LogP contribution in [0.2, 0.25) is 0 Å². The second-order valence-electron chi connectivity index (χ2n) is 16.1. The summed E-state index contributed by atoms with van der Waals surface area (Å²) >= 11 is 0. The predicted molar refractivity (Wildman–Crippen MR) is 212 cm³/mol. The number of carbonyl (C=O) groups is 1. The number of aliphatic hydroxyl groups excluding tert-OH is 1. The quantitative estimate of drug-likeness (QED) is 0.0330. The van der Waals surface area contributed by atoms with Crippen molar-refractivity contribution in [3.8, 4) is 0 Å². The maximum atomic E-state index is 12.8. The lowest BCUT2D eigenvalue weighted by Crippen LogP contribution is -2.46. The van der Waals surface area contributed by atoms with Crippen molar-refractivity contribution in [2.24, 2.45) is 0 Å². The molecule has 50 heavy (non-hydrogen) atoms. The van der Waals surface area contributed by atoms with Gasteiger partial charge in [0.1, 0.15) is 13.2 Å². The number of likely N-dealkylation sites (N-methyl/N-ethyl adjacent to an activating group) is 1. The molecule has 0 aromatic carbocycles. The van der Waals surface area contributed by atoms with Crippen molar-refractivity contribution in [2.75, 3.05) is 40.9 Å². The zero-order chi connectivity index (χ0) is 37.2. The van der Waals surface area contributed by atoms with Crippen LogP contribution in [0.15, 0.2) is 0 Å². The van der Waals surface area contributed by atoms with Crippen LogP contribution >= 0.6 is 7.82 Å². The molecule has 0 saturated heterocycles. The number of nitrogens with zero attached hydrogens (tertiary/aromatic N) is 1. The van der Waals surface area contributed by atoms with E-state index in [-0.39, 0.29) is 19.1 Å². The third-order valence-corrected chi connectivity index (χ3v) is 10.8. The van der Waals surface area contributed by atoms with Gasteiger partial charge < -0.3 is 19.8 Å². The van der Waals surface area contributed by atoms with Gasteiger partial charge in [-0.15, -0.1) is 0 Å². The molecule has 8 nitrogen and oxygen atoms in total. The Kier molecular flexibility index (Phi) is 33.9. The zero-order valence-electron chi connectivity index (χ0n) is 33.9. The summed E-state index contributed by atoms with van der Waals surface area (Å²) in [5.74, 6) is -0.143. The molecule has 0 rings (SSSR count). The fourth-order valence-corrected chi connectivity index (χ4v) is 7.13. The number of phosphoric ester groups is 1.